The van der Waals surface area contributed by atoms with Gasteiger partial charge in [-0.05, 0) is 72.6 Å². The Balaban J connectivity index is 1.29. The molecular formula is C29H25N3O2. The molecule has 4 aromatic carbocycles. The van der Waals surface area contributed by atoms with Crippen molar-refractivity contribution in [3.8, 4) is 11.4 Å². The summed E-state index contributed by atoms with van der Waals surface area (Å²) < 4.78 is 7.38. The molecule has 0 saturated carbocycles. The van der Waals surface area contributed by atoms with E-state index in [9.17, 15) is 4.79 Å². The van der Waals surface area contributed by atoms with Gasteiger partial charge < -0.3 is 10.1 Å². The smallest absolute Gasteiger partial charge is 0.255 e. The van der Waals surface area contributed by atoms with Crippen LogP contribution in [0.5, 0.6) is 5.75 Å². The number of nitrogens with zero attached hydrogens (tertiary/aromatic N) is 2. The minimum Gasteiger partial charge on any atom is -0.497 e. The van der Waals surface area contributed by atoms with Gasteiger partial charge in [0.05, 0.1) is 18.1 Å². The topological polar surface area (TPSA) is 56.1 Å². The van der Waals surface area contributed by atoms with E-state index >= 15 is 0 Å². The number of fused-ring (bicyclic) bond motifs is 1. The molecule has 0 aliphatic carbocycles. The molecule has 0 unspecified atom stereocenters. The van der Waals surface area contributed by atoms with Crippen molar-refractivity contribution in [1.29, 1.82) is 0 Å². The number of anilines is 1. The number of hydrogen-bond acceptors (Lipinski definition) is 3. The largest absolute Gasteiger partial charge is 0.497 e. The van der Waals surface area contributed by atoms with Crippen LogP contribution in [0.15, 0.2) is 103 Å². The maximum absolute atomic E-state index is 12.5. The zero-order valence-electron chi connectivity index (χ0n) is 18.9. The number of methoxy groups -OCH3 is 1. The predicted octanol–water partition coefficient (Wildman–Crippen LogP) is 6.07. The van der Waals surface area contributed by atoms with Crippen molar-refractivity contribution in [2.24, 2.45) is 0 Å². The standard InChI is InChI=1S/C29H25N3O2/c1-34-25-18-14-22(15-19-25)29(33)30-23-16-11-21(12-17-23)13-20-28-31-26-9-5-6-10-27(26)32(28)24-7-3-2-4-8-24/h2-12,14-19H,13,20H2,1H3,(H,30,33). The first-order chi connectivity index (χ1) is 16.7. The van der Waals surface area contributed by atoms with Gasteiger partial charge in [-0.25, -0.2) is 4.98 Å². The van der Waals surface area contributed by atoms with Gasteiger partial charge in [0.25, 0.3) is 5.91 Å². The van der Waals surface area contributed by atoms with E-state index in [0.717, 1.165) is 46.8 Å². The number of carbonyl (C=O) groups is 1. The lowest BCUT2D eigenvalue weighted by molar-refractivity contribution is 0.102. The van der Waals surface area contributed by atoms with E-state index in [0.29, 0.717) is 5.56 Å². The molecule has 0 radical (unpaired) electrons. The summed E-state index contributed by atoms with van der Waals surface area (Å²) in [4.78, 5) is 17.4. The molecule has 0 atom stereocenters. The molecular weight excluding hydrogens is 422 g/mol. The summed E-state index contributed by atoms with van der Waals surface area (Å²) in [6.45, 7) is 0. The van der Waals surface area contributed by atoms with Gasteiger partial charge >= 0.3 is 0 Å². The Bertz CT molecular complexity index is 1410. The first-order valence-corrected chi connectivity index (χ1v) is 11.3. The molecule has 5 rings (SSSR count). The minimum absolute atomic E-state index is 0.146. The van der Waals surface area contributed by atoms with Gasteiger partial charge in [0, 0.05) is 23.4 Å². The van der Waals surface area contributed by atoms with Crippen LogP contribution in [0.1, 0.15) is 21.7 Å². The Morgan fingerprint density at radius 1 is 0.824 bits per heavy atom. The van der Waals surface area contributed by atoms with Crippen molar-refractivity contribution in [3.63, 3.8) is 0 Å². The Kier molecular flexibility index (Phi) is 6.08. The fraction of sp³-hybridized carbons (Fsp3) is 0.103. The lowest BCUT2D eigenvalue weighted by Gasteiger charge is -2.10. The van der Waals surface area contributed by atoms with Crippen LogP contribution in [0.3, 0.4) is 0 Å². The van der Waals surface area contributed by atoms with E-state index in [4.69, 9.17) is 9.72 Å². The normalized spacial score (nSPS) is 10.9. The van der Waals surface area contributed by atoms with Crippen LogP contribution in [0, 0.1) is 0 Å². The van der Waals surface area contributed by atoms with Crippen molar-refractivity contribution >= 4 is 22.6 Å². The van der Waals surface area contributed by atoms with E-state index < -0.39 is 0 Å². The number of aryl methyl sites for hydroxylation is 2. The van der Waals surface area contributed by atoms with Crippen LogP contribution in [0.4, 0.5) is 5.69 Å². The molecule has 0 aliphatic heterocycles. The van der Waals surface area contributed by atoms with Crippen LogP contribution in [-0.4, -0.2) is 22.6 Å². The number of amides is 1. The SMILES string of the molecule is COc1ccc(C(=O)Nc2ccc(CCc3nc4ccccc4n3-c3ccccc3)cc2)cc1. The van der Waals surface area contributed by atoms with Crippen molar-refractivity contribution in [1.82, 2.24) is 9.55 Å². The van der Waals surface area contributed by atoms with Gasteiger partial charge in [0.2, 0.25) is 0 Å². The second-order valence-corrected chi connectivity index (χ2v) is 8.07. The maximum atomic E-state index is 12.5. The Morgan fingerprint density at radius 2 is 1.53 bits per heavy atom. The zero-order chi connectivity index (χ0) is 23.3. The van der Waals surface area contributed by atoms with Gasteiger partial charge in [-0.2, -0.15) is 0 Å². The average Bonchev–Trinajstić information content (AvgIpc) is 3.27. The number of ether oxygens (including phenoxy) is 1. The molecule has 1 amide bonds. The first-order valence-electron chi connectivity index (χ1n) is 11.3. The number of hydrogen-bond donors (Lipinski definition) is 1. The third-order valence-corrected chi connectivity index (χ3v) is 5.85. The van der Waals surface area contributed by atoms with Gasteiger partial charge in [-0.15, -0.1) is 0 Å². The van der Waals surface area contributed by atoms with Crippen molar-refractivity contribution < 1.29 is 9.53 Å². The average molecular weight is 448 g/mol. The van der Waals surface area contributed by atoms with Gasteiger partial charge in [-0.3, -0.25) is 9.36 Å². The van der Waals surface area contributed by atoms with E-state index in [2.05, 4.69) is 46.3 Å². The molecule has 5 aromatic rings. The summed E-state index contributed by atoms with van der Waals surface area (Å²) in [6.07, 6.45) is 1.66. The van der Waals surface area contributed by atoms with Gasteiger partial charge in [0.15, 0.2) is 0 Å². The summed E-state index contributed by atoms with van der Waals surface area (Å²) in [5.74, 6) is 1.61. The van der Waals surface area contributed by atoms with Crippen LogP contribution < -0.4 is 10.1 Å². The van der Waals surface area contributed by atoms with Crippen LogP contribution in [-0.2, 0) is 12.8 Å². The number of imidazole rings is 1. The molecule has 0 aliphatic rings. The summed E-state index contributed by atoms with van der Waals surface area (Å²) in [7, 11) is 1.61. The van der Waals surface area contributed by atoms with E-state index in [-0.39, 0.29) is 5.91 Å². The lowest BCUT2D eigenvalue weighted by Crippen LogP contribution is -2.11. The molecule has 0 bridgehead atoms. The highest BCUT2D eigenvalue weighted by Crippen LogP contribution is 2.23. The molecule has 0 spiro atoms. The summed E-state index contributed by atoms with van der Waals surface area (Å²) >= 11 is 0. The van der Waals surface area contributed by atoms with Crippen LogP contribution >= 0.6 is 0 Å². The lowest BCUT2D eigenvalue weighted by atomic mass is 10.1. The maximum Gasteiger partial charge on any atom is 0.255 e. The summed E-state index contributed by atoms with van der Waals surface area (Å²) in [5, 5.41) is 2.95. The van der Waals surface area contributed by atoms with Crippen molar-refractivity contribution in [2.75, 3.05) is 12.4 Å². The van der Waals surface area contributed by atoms with E-state index in [1.54, 1.807) is 31.4 Å². The number of para-hydroxylation sites is 3. The molecule has 5 nitrogen and oxygen atoms in total. The molecule has 1 heterocycles. The highest BCUT2D eigenvalue weighted by molar-refractivity contribution is 6.04. The fourth-order valence-electron chi connectivity index (χ4n) is 4.07. The number of benzene rings is 4. The molecule has 1 aromatic heterocycles. The fourth-order valence-corrected chi connectivity index (χ4v) is 4.07. The Morgan fingerprint density at radius 3 is 2.26 bits per heavy atom. The van der Waals surface area contributed by atoms with Crippen LogP contribution in [0.2, 0.25) is 0 Å². The molecule has 1 N–H and O–H groups in total. The zero-order valence-corrected chi connectivity index (χ0v) is 18.9. The predicted molar refractivity (Wildman–Crippen MR) is 136 cm³/mol. The highest BCUT2D eigenvalue weighted by Gasteiger charge is 2.12. The van der Waals surface area contributed by atoms with Crippen molar-refractivity contribution in [3.05, 3.63) is 120 Å². The monoisotopic (exact) mass is 447 g/mol. The molecule has 5 heteroatoms. The number of aromatic nitrogens is 2. The second-order valence-electron chi connectivity index (χ2n) is 8.07. The molecule has 168 valence electrons. The first kappa shape index (κ1) is 21.5. The van der Waals surface area contributed by atoms with E-state index in [1.807, 2.05) is 42.5 Å². The molecule has 0 saturated heterocycles. The van der Waals surface area contributed by atoms with E-state index in [1.165, 1.54) is 5.56 Å². The summed E-state index contributed by atoms with van der Waals surface area (Å²) in [6, 6.07) is 33.6. The number of carbonyl (C=O) groups excluding carboxylic acids is 1. The number of rotatable bonds is 7. The third-order valence-electron chi connectivity index (χ3n) is 5.85. The second kappa shape index (κ2) is 9.63. The Hall–Kier alpha value is -4.38. The quantitative estimate of drug-likeness (QED) is 0.329. The Labute approximate surface area is 198 Å². The van der Waals surface area contributed by atoms with Crippen molar-refractivity contribution in [2.45, 2.75) is 12.8 Å². The molecule has 0 fully saturated rings. The third kappa shape index (κ3) is 4.55. The minimum atomic E-state index is -0.146. The summed E-state index contributed by atoms with van der Waals surface area (Å²) in [5.41, 5.74) is 5.76. The molecule has 34 heavy (non-hydrogen) atoms. The van der Waals surface area contributed by atoms with Crippen LogP contribution in [0.25, 0.3) is 16.7 Å². The highest BCUT2D eigenvalue weighted by atomic mass is 16.5. The van der Waals surface area contributed by atoms with Gasteiger partial charge in [-0.1, -0.05) is 42.5 Å². The number of nitrogens with one attached hydrogen (secondary N) is 1. The van der Waals surface area contributed by atoms with Gasteiger partial charge in [0.1, 0.15) is 11.6 Å².